The normalized spacial score (nSPS) is 16.8. The van der Waals surface area contributed by atoms with Crippen LogP contribution < -0.4 is 20.9 Å². The highest BCUT2D eigenvalue weighted by molar-refractivity contribution is 5.87. The Morgan fingerprint density at radius 3 is 2.10 bits per heavy atom. The van der Waals surface area contributed by atoms with Crippen LogP contribution in [0.4, 0.5) is 50.1 Å². The molecule has 4 aromatic rings. The summed E-state index contributed by atoms with van der Waals surface area (Å²) in [6.45, 7) is 5.40. The lowest BCUT2D eigenvalue weighted by atomic mass is 9.75. The van der Waals surface area contributed by atoms with Gasteiger partial charge in [-0.25, -0.2) is 22.9 Å². The van der Waals surface area contributed by atoms with Crippen LogP contribution in [0.2, 0.25) is 0 Å². The van der Waals surface area contributed by atoms with Gasteiger partial charge in [0, 0.05) is 80.0 Å². The number of methoxy groups -OCH3 is 2. The number of rotatable bonds is 20. The van der Waals surface area contributed by atoms with E-state index in [9.17, 15) is 55.0 Å². The maximum Gasteiger partial charge on any atom is 0.407 e. The quantitative estimate of drug-likeness (QED) is 0.0323. The Bertz CT molecular complexity index is 2840. The van der Waals surface area contributed by atoms with Crippen LogP contribution in [-0.4, -0.2) is 159 Å². The molecule has 0 spiro atoms. The van der Waals surface area contributed by atoms with E-state index >= 15 is 8.78 Å². The molecule has 5 atom stereocenters. The van der Waals surface area contributed by atoms with Crippen LogP contribution in [0.3, 0.4) is 0 Å². The molecule has 16 nitrogen and oxygen atoms in total. The molecule has 2 aromatic heterocycles. The summed E-state index contributed by atoms with van der Waals surface area (Å²) in [6, 6.07) is 10.1. The number of morpholine rings is 1. The molecule has 25 heteroatoms. The number of carbonyl (C=O) groups is 4. The zero-order chi connectivity index (χ0) is 58.7. The Kier molecular flexibility index (Phi) is 20.6. The van der Waals surface area contributed by atoms with Crippen molar-refractivity contribution in [3.05, 3.63) is 113 Å². The van der Waals surface area contributed by atoms with Crippen molar-refractivity contribution in [2.45, 2.75) is 83.5 Å². The van der Waals surface area contributed by atoms with Gasteiger partial charge in [-0.3, -0.25) is 29.2 Å². The number of pyridine rings is 2. The third kappa shape index (κ3) is 15.9. The number of alkyl carbamates (subject to hydrolysis) is 1. The van der Waals surface area contributed by atoms with Gasteiger partial charge in [-0.1, -0.05) is 37.8 Å². The molecule has 0 radical (unpaired) electrons. The number of hydrogen-bond acceptors (Lipinski definition) is 13. The van der Waals surface area contributed by atoms with E-state index in [0.717, 1.165) is 81.6 Å². The number of fused-ring (bicyclic) bond motifs is 1. The maximum atomic E-state index is 15.8. The van der Waals surface area contributed by atoms with E-state index < -0.39 is 127 Å². The van der Waals surface area contributed by atoms with Crippen LogP contribution in [0, 0.1) is 46.0 Å². The van der Waals surface area contributed by atoms with Crippen molar-refractivity contribution >= 4 is 29.7 Å². The molecule has 2 fully saturated rings. The minimum Gasteiger partial charge on any atom is -0.469 e. The van der Waals surface area contributed by atoms with Gasteiger partial charge in [0.05, 0.1) is 81.2 Å². The van der Waals surface area contributed by atoms with Crippen molar-refractivity contribution in [3.8, 4) is 23.1 Å². The number of carbonyl (C=O) groups excluding carboxylic acids is 4. The number of aromatic nitrogens is 2. The zero-order valence-electron chi connectivity index (χ0n) is 44.7. The van der Waals surface area contributed by atoms with Crippen molar-refractivity contribution in [3.63, 3.8) is 0 Å². The fraction of sp³-hybridized carbons (Fsp3) is 0.491. The van der Waals surface area contributed by atoms with Crippen LogP contribution in [0.15, 0.2) is 73.1 Å². The van der Waals surface area contributed by atoms with Gasteiger partial charge < -0.3 is 40.2 Å². The Balaban J connectivity index is 1.29. The van der Waals surface area contributed by atoms with Gasteiger partial charge in [0.15, 0.2) is 0 Å². The van der Waals surface area contributed by atoms with Gasteiger partial charge in [0.2, 0.25) is 11.8 Å². The highest BCUT2D eigenvalue weighted by Gasteiger charge is 2.57. The predicted molar refractivity (Wildman–Crippen MR) is 274 cm³/mol. The highest BCUT2D eigenvalue weighted by Crippen LogP contribution is 2.45. The second-order valence-electron chi connectivity index (χ2n) is 20.6. The molecule has 2 aliphatic heterocycles. The number of piperazine rings is 1. The van der Waals surface area contributed by atoms with E-state index in [1.54, 1.807) is 30.5 Å². The smallest absolute Gasteiger partial charge is 0.407 e. The number of halogens is 9. The molecule has 0 saturated carbocycles. The molecule has 2 saturated heterocycles. The van der Waals surface area contributed by atoms with Gasteiger partial charge >= 0.3 is 24.4 Å². The summed E-state index contributed by atoms with van der Waals surface area (Å²) in [4.78, 5) is 66.9. The first kappa shape index (κ1) is 62.2. The number of benzene rings is 2. The first-order valence-electron chi connectivity index (χ1n) is 25.4. The zero-order valence-corrected chi connectivity index (χ0v) is 44.7. The van der Waals surface area contributed by atoms with Crippen molar-refractivity contribution in [2.75, 3.05) is 78.3 Å². The molecule has 80 heavy (non-hydrogen) atoms. The average molecular weight is 1140 g/mol. The maximum absolute atomic E-state index is 15.8. The second-order valence-corrected chi connectivity index (χ2v) is 20.6. The van der Waals surface area contributed by atoms with Crippen LogP contribution >= 0.6 is 0 Å². The first-order valence-corrected chi connectivity index (χ1v) is 25.4. The Labute approximate surface area is 456 Å². The summed E-state index contributed by atoms with van der Waals surface area (Å²) in [5.74, 6) is -2.16. The molecule has 2 aromatic carbocycles. The van der Waals surface area contributed by atoms with Gasteiger partial charge in [-0.15, -0.1) is 0 Å². The van der Waals surface area contributed by atoms with E-state index in [1.165, 1.54) is 0 Å². The number of nitrogens with zero attached hydrogens (tertiary/aromatic N) is 5. The molecule has 434 valence electrons. The van der Waals surface area contributed by atoms with E-state index in [4.69, 9.17) is 4.74 Å². The van der Waals surface area contributed by atoms with Crippen LogP contribution in [-0.2, 0) is 41.4 Å². The summed E-state index contributed by atoms with van der Waals surface area (Å²) in [6.07, 6.45) is -12.7. The summed E-state index contributed by atoms with van der Waals surface area (Å²) >= 11 is 0. The average Bonchev–Trinajstić information content (AvgIpc) is 3.44. The SMILES string of the molecule is COC(=O)C[C@H](C(=O)NCN(CCc1c(F)cc(-c2cc(F)ccn2)cc1F)C[C@H](O)[C@H](Cc1ccc(C#Cc2ccc(N3CCN4CCOC[C@H]4C3)nc2)cc1)NC(=O)[C@@H](NC(=O)OC)C(C)(C)C(F)(F)F)C(C)(C)C(F)(F)F. The second kappa shape index (κ2) is 26.5. The van der Waals surface area contributed by atoms with Crippen molar-refractivity contribution < 1.29 is 78.0 Å². The lowest BCUT2D eigenvalue weighted by Crippen LogP contribution is -2.62. The van der Waals surface area contributed by atoms with Crippen LogP contribution in [0.25, 0.3) is 11.3 Å². The van der Waals surface area contributed by atoms with Crippen molar-refractivity contribution in [1.82, 2.24) is 35.7 Å². The molecule has 3 amide bonds. The molecule has 4 N–H and O–H groups in total. The minimum atomic E-state index is -5.11. The molecule has 0 unspecified atom stereocenters. The number of aliphatic hydroxyl groups excluding tert-OH is 1. The Morgan fingerprint density at radius 1 is 0.825 bits per heavy atom. The topological polar surface area (TPSA) is 188 Å². The van der Waals surface area contributed by atoms with Crippen LogP contribution in [0.1, 0.15) is 56.4 Å². The fourth-order valence-electron chi connectivity index (χ4n) is 9.07. The van der Waals surface area contributed by atoms with Gasteiger partial charge in [0.1, 0.15) is 29.3 Å². The standard InChI is InChI=1S/C55H63F9N8O8/c1-52(2,54(59,60)61)40(27-47(74)78-5)49(75)67-32-70(18-16-39-41(57)24-36(25-42(39)58)43-26-37(56)15-17-65-43)30-45(73)44(68-50(76)48(69-51(77)79-6)53(3,4)55(62,63)64)23-34-10-7-33(8-11-34)9-12-35-13-14-46(66-28-35)72-20-19-71-21-22-80-31-38(71)29-72/h7-8,10-11,13-15,17,24-26,28,38,40,44-45,48,73H,16,18-23,27,29-32H2,1-6H3,(H,67,75)(H,68,76)(H,69,77)/t38-,40-,44+,45+,48-/m1/s1. The number of hydrogen-bond donors (Lipinski definition) is 4. The number of amides is 3. The molecular weight excluding hydrogens is 1070 g/mol. The summed E-state index contributed by atoms with van der Waals surface area (Å²) < 4.78 is 147. The molecule has 6 rings (SSSR count). The van der Waals surface area contributed by atoms with Gasteiger partial charge in [0.25, 0.3) is 0 Å². The number of nitrogens with one attached hydrogen (secondary N) is 3. The monoisotopic (exact) mass is 1130 g/mol. The molecule has 0 bridgehead atoms. The number of aliphatic hydroxyl groups is 1. The largest absolute Gasteiger partial charge is 0.469 e. The highest BCUT2D eigenvalue weighted by atomic mass is 19.4. The molecule has 0 aliphatic carbocycles. The summed E-state index contributed by atoms with van der Waals surface area (Å²) in [5, 5.41) is 18.7. The fourth-order valence-corrected chi connectivity index (χ4v) is 9.07. The number of alkyl halides is 6. The lowest BCUT2D eigenvalue weighted by molar-refractivity contribution is -0.230. The van der Waals surface area contributed by atoms with E-state index in [1.807, 2.05) is 17.4 Å². The molecular formula is C55H63F9N8O8. The van der Waals surface area contributed by atoms with Crippen molar-refractivity contribution in [1.29, 1.82) is 0 Å². The van der Waals surface area contributed by atoms with Gasteiger partial charge in [-0.2, -0.15) is 26.3 Å². The number of ether oxygens (including phenoxy) is 3. The minimum absolute atomic E-state index is 0.109. The van der Waals surface area contributed by atoms with E-state index in [-0.39, 0.29) is 23.7 Å². The lowest BCUT2D eigenvalue weighted by Gasteiger charge is -2.44. The van der Waals surface area contributed by atoms with Gasteiger partial charge in [-0.05, 0) is 74.7 Å². The summed E-state index contributed by atoms with van der Waals surface area (Å²) in [5.41, 5.74) is -5.13. The molecule has 4 heterocycles. The third-order valence-electron chi connectivity index (χ3n) is 14.5. The Hall–Kier alpha value is -7.01. The Morgan fingerprint density at radius 2 is 1.49 bits per heavy atom. The van der Waals surface area contributed by atoms with Crippen molar-refractivity contribution in [2.24, 2.45) is 16.7 Å². The van der Waals surface area contributed by atoms with E-state index in [2.05, 4.69) is 51.7 Å². The third-order valence-corrected chi connectivity index (χ3v) is 14.5. The number of esters is 1. The van der Waals surface area contributed by atoms with E-state index in [0.29, 0.717) is 57.6 Å². The van der Waals surface area contributed by atoms with Crippen LogP contribution in [0.5, 0.6) is 0 Å². The summed E-state index contributed by atoms with van der Waals surface area (Å²) in [7, 11) is 1.76. The predicted octanol–water partition coefficient (Wildman–Crippen LogP) is 6.57. The first-order chi connectivity index (χ1) is 37.6. The number of anilines is 1. The molecule has 2 aliphatic rings.